The molecule has 0 aliphatic rings. The summed E-state index contributed by atoms with van der Waals surface area (Å²) in [6.45, 7) is 5.89. The third-order valence-corrected chi connectivity index (χ3v) is 6.79. The number of sulfonamides is 1. The number of aryl methyl sites for hydroxylation is 1. The Balaban J connectivity index is 2.35. The molecule has 0 saturated carbocycles. The molecule has 2 amide bonds. The van der Waals surface area contributed by atoms with Crippen molar-refractivity contribution in [3.05, 3.63) is 64.7 Å². The van der Waals surface area contributed by atoms with Gasteiger partial charge in [0.25, 0.3) is 0 Å². The standard InChI is InChI=1S/C24H32ClN3O4S/c1-5-6-15-26-24(30)19(3)27(16-20-10-8-7-9-18(20)2)23(29)17-28(33(4,31)32)22-13-11-21(25)12-14-22/h7-14,19H,5-6,15-17H2,1-4H3,(H,26,30)/t19-/m1/s1. The minimum Gasteiger partial charge on any atom is -0.354 e. The van der Waals surface area contributed by atoms with Crippen molar-refractivity contribution in [3.63, 3.8) is 0 Å². The van der Waals surface area contributed by atoms with E-state index in [9.17, 15) is 18.0 Å². The van der Waals surface area contributed by atoms with Crippen LogP contribution in [-0.2, 0) is 26.2 Å². The van der Waals surface area contributed by atoms with E-state index in [0.29, 0.717) is 17.3 Å². The number of nitrogens with zero attached hydrogens (tertiary/aromatic N) is 2. The van der Waals surface area contributed by atoms with E-state index in [-0.39, 0.29) is 12.5 Å². The molecule has 0 fully saturated rings. The summed E-state index contributed by atoms with van der Waals surface area (Å²) in [5.41, 5.74) is 2.19. The summed E-state index contributed by atoms with van der Waals surface area (Å²) in [5, 5.41) is 3.32. The molecule has 0 aliphatic carbocycles. The fourth-order valence-electron chi connectivity index (χ4n) is 3.31. The Bertz CT molecular complexity index is 1060. The van der Waals surface area contributed by atoms with Crippen LogP contribution in [0.2, 0.25) is 5.02 Å². The number of amides is 2. The molecule has 1 N–H and O–H groups in total. The van der Waals surface area contributed by atoms with E-state index in [2.05, 4.69) is 5.32 Å². The zero-order chi connectivity index (χ0) is 24.6. The second-order valence-electron chi connectivity index (χ2n) is 8.01. The Hall–Kier alpha value is -2.58. The summed E-state index contributed by atoms with van der Waals surface area (Å²) in [6, 6.07) is 13.0. The van der Waals surface area contributed by atoms with Crippen molar-refractivity contribution < 1.29 is 18.0 Å². The molecule has 0 aromatic heterocycles. The van der Waals surface area contributed by atoms with Gasteiger partial charge in [-0.3, -0.25) is 13.9 Å². The highest BCUT2D eigenvalue weighted by atomic mass is 35.5. The van der Waals surface area contributed by atoms with Crippen molar-refractivity contribution in [1.82, 2.24) is 10.2 Å². The van der Waals surface area contributed by atoms with Gasteiger partial charge in [-0.05, 0) is 55.7 Å². The molecule has 2 rings (SSSR count). The zero-order valence-corrected chi connectivity index (χ0v) is 21.1. The van der Waals surface area contributed by atoms with Crippen LogP contribution in [0.1, 0.15) is 37.8 Å². The van der Waals surface area contributed by atoms with E-state index in [4.69, 9.17) is 11.6 Å². The number of benzene rings is 2. The van der Waals surface area contributed by atoms with Gasteiger partial charge in [-0.1, -0.05) is 49.2 Å². The van der Waals surface area contributed by atoms with Crippen LogP contribution >= 0.6 is 11.6 Å². The maximum absolute atomic E-state index is 13.4. The van der Waals surface area contributed by atoms with Crippen LogP contribution in [0.15, 0.2) is 48.5 Å². The maximum atomic E-state index is 13.4. The van der Waals surface area contributed by atoms with Crippen LogP contribution in [-0.4, -0.2) is 50.5 Å². The van der Waals surface area contributed by atoms with Crippen LogP contribution < -0.4 is 9.62 Å². The number of anilines is 1. The fraction of sp³-hybridized carbons (Fsp3) is 0.417. The summed E-state index contributed by atoms with van der Waals surface area (Å²) in [6.07, 6.45) is 2.81. The highest BCUT2D eigenvalue weighted by Gasteiger charge is 2.30. The Morgan fingerprint density at radius 2 is 1.73 bits per heavy atom. The van der Waals surface area contributed by atoms with Crippen molar-refractivity contribution in [1.29, 1.82) is 0 Å². The number of carbonyl (C=O) groups is 2. The third-order valence-electron chi connectivity index (χ3n) is 5.39. The van der Waals surface area contributed by atoms with Crippen molar-refractivity contribution in [2.24, 2.45) is 0 Å². The molecule has 0 bridgehead atoms. The Morgan fingerprint density at radius 3 is 2.30 bits per heavy atom. The molecule has 1 atom stereocenters. The van der Waals surface area contributed by atoms with Crippen molar-refractivity contribution in [3.8, 4) is 0 Å². The van der Waals surface area contributed by atoms with Gasteiger partial charge in [0.1, 0.15) is 12.6 Å². The number of hydrogen-bond acceptors (Lipinski definition) is 4. The molecule has 0 aliphatic heterocycles. The lowest BCUT2D eigenvalue weighted by Gasteiger charge is -2.32. The summed E-state index contributed by atoms with van der Waals surface area (Å²) < 4.78 is 26.0. The van der Waals surface area contributed by atoms with E-state index < -0.39 is 28.5 Å². The Labute approximate surface area is 201 Å². The van der Waals surface area contributed by atoms with Gasteiger partial charge < -0.3 is 10.2 Å². The molecule has 0 heterocycles. The largest absolute Gasteiger partial charge is 0.354 e. The van der Waals surface area contributed by atoms with Crippen LogP contribution in [0, 0.1) is 6.92 Å². The van der Waals surface area contributed by atoms with Crippen molar-refractivity contribution >= 4 is 39.1 Å². The van der Waals surface area contributed by atoms with Crippen LogP contribution in [0.25, 0.3) is 0 Å². The van der Waals surface area contributed by atoms with Crippen molar-refractivity contribution in [2.75, 3.05) is 23.7 Å². The van der Waals surface area contributed by atoms with Crippen LogP contribution in [0.5, 0.6) is 0 Å². The van der Waals surface area contributed by atoms with Gasteiger partial charge in [-0.2, -0.15) is 0 Å². The maximum Gasteiger partial charge on any atom is 0.244 e. The molecule has 33 heavy (non-hydrogen) atoms. The van der Waals surface area contributed by atoms with Gasteiger partial charge in [0.15, 0.2) is 0 Å². The molecule has 180 valence electrons. The smallest absolute Gasteiger partial charge is 0.244 e. The summed E-state index contributed by atoms with van der Waals surface area (Å²) in [4.78, 5) is 27.7. The molecule has 2 aromatic carbocycles. The first-order valence-electron chi connectivity index (χ1n) is 10.9. The van der Waals surface area contributed by atoms with Gasteiger partial charge in [0.05, 0.1) is 11.9 Å². The lowest BCUT2D eigenvalue weighted by atomic mass is 10.1. The quantitative estimate of drug-likeness (QED) is 0.483. The second-order valence-corrected chi connectivity index (χ2v) is 10.4. The van der Waals surface area contributed by atoms with Gasteiger partial charge in [0.2, 0.25) is 21.8 Å². The molecule has 7 nitrogen and oxygen atoms in total. The molecule has 0 spiro atoms. The van der Waals surface area contributed by atoms with E-state index in [0.717, 1.165) is 34.5 Å². The number of halogens is 1. The number of hydrogen-bond donors (Lipinski definition) is 1. The topological polar surface area (TPSA) is 86.8 Å². The van der Waals surface area contributed by atoms with Gasteiger partial charge in [-0.25, -0.2) is 8.42 Å². The van der Waals surface area contributed by atoms with Gasteiger partial charge >= 0.3 is 0 Å². The minimum atomic E-state index is -3.76. The molecule has 2 aromatic rings. The Morgan fingerprint density at radius 1 is 1.09 bits per heavy atom. The lowest BCUT2D eigenvalue weighted by Crippen LogP contribution is -2.51. The fourth-order valence-corrected chi connectivity index (χ4v) is 4.29. The molecular formula is C24H32ClN3O4S. The SMILES string of the molecule is CCCCNC(=O)[C@@H](C)N(Cc1ccccc1C)C(=O)CN(c1ccc(Cl)cc1)S(C)(=O)=O. The monoisotopic (exact) mass is 493 g/mol. The predicted molar refractivity (Wildman–Crippen MR) is 133 cm³/mol. The van der Waals surface area contributed by atoms with Crippen LogP contribution in [0.3, 0.4) is 0 Å². The van der Waals surface area contributed by atoms with E-state index in [1.165, 1.54) is 4.90 Å². The highest BCUT2D eigenvalue weighted by molar-refractivity contribution is 7.92. The van der Waals surface area contributed by atoms with E-state index in [1.807, 2.05) is 38.1 Å². The summed E-state index contributed by atoms with van der Waals surface area (Å²) in [7, 11) is -3.76. The second kappa shape index (κ2) is 12.0. The zero-order valence-electron chi connectivity index (χ0n) is 19.5. The van der Waals surface area contributed by atoms with E-state index in [1.54, 1.807) is 31.2 Å². The lowest BCUT2D eigenvalue weighted by molar-refractivity contribution is -0.139. The number of carbonyl (C=O) groups excluding carboxylic acids is 2. The Kier molecular flexibility index (Phi) is 9.73. The van der Waals surface area contributed by atoms with Crippen molar-refractivity contribution in [2.45, 2.75) is 46.2 Å². The number of unbranched alkanes of at least 4 members (excludes halogenated alkanes) is 1. The molecule has 0 saturated heterocycles. The van der Waals surface area contributed by atoms with Crippen LogP contribution in [0.4, 0.5) is 5.69 Å². The third kappa shape index (κ3) is 7.75. The van der Waals surface area contributed by atoms with Gasteiger partial charge in [0, 0.05) is 18.1 Å². The number of nitrogens with one attached hydrogen (secondary N) is 1. The highest BCUT2D eigenvalue weighted by Crippen LogP contribution is 2.21. The molecular weight excluding hydrogens is 462 g/mol. The summed E-state index contributed by atoms with van der Waals surface area (Å²) in [5.74, 6) is -0.750. The average Bonchev–Trinajstić information content (AvgIpc) is 2.76. The average molecular weight is 494 g/mol. The molecule has 9 heteroatoms. The van der Waals surface area contributed by atoms with Gasteiger partial charge in [-0.15, -0.1) is 0 Å². The first kappa shape index (κ1) is 26.7. The predicted octanol–water partition coefficient (Wildman–Crippen LogP) is 3.75. The molecule has 0 unspecified atom stereocenters. The minimum absolute atomic E-state index is 0.187. The normalized spacial score (nSPS) is 12.2. The first-order valence-corrected chi connectivity index (χ1v) is 13.1. The summed E-state index contributed by atoms with van der Waals surface area (Å²) >= 11 is 5.93. The molecule has 0 radical (unpaired) electrons. The number of rotatable bonds is 11. The van der Waals surface area contributed by atoms with E-state index >= 15 is 0 Å². The first-order chi connectivity index (χ1) is 15.5.